The Labute approximate surface area is 153 Å². The Kier molecular flexibility index (Phi) is 4.58. The van der Waals surface area contributed by atoms with E-state index in [1.807, 2.05) is 18.4 Å². The van der Waals surface area contributed by atoms with Gasteiger partial charge in [-0.15, -0.1) is 0 Å². The fourth-order valence-corrected chi connectivity index (χ4v) is 3.97. The molecule has 8 heteroatoms. The number of aromatic nitrogens is 4. The van der Waals surface area contributed by atoms with Crippen molar-refractivity contribution in [3.63, 3.8) is 0 Å². The van der Waals surface area contributed by atoms with Gasteiger partial charge in [0.05, 0.1) is 19.0 Å². The van der Waals surface area contributed by atoms with Crippen molar-refractivity contribution < 1.29 is 9.47 Å². The summed E-state index contributed by atoms with van der Waals surface area (Å²) < 4.78 is 14.5. The molecule has 1 saturated carbocycles. The van der Waals surface area contributed by atoms with Crippen molar-refractivity contribution in [2.75, 3.05) is 18.8 Å². The van der Waals surface area contributed by atoms with Crippen LogP contribution in [0.2, 0.25) is 0 Å². The number of hydrogen-bond donors (Lipinski definition) is 2. The van der Waals surface area contributed by atoms with E-state index < -0.39 is 5.79 Å². The summed E-state index contributed by atoms with van der Waals surface area (Å²) >= 11 is 0. The number of anilines is 1. The van der Waals surface area contributed by atoms with Crippen molar-refractivity contribution in [2.45, 2.75) is 58.2 Å². The first-order valence-electron chi connectivity index (χ1n) is 9.46. The highest BCUT2D eigenvalue weighted by Crippen LogP contribution is 2.48. The number of ether oxygens (including phenoxy) is 2. The van der Waals surface area contributed by atoms with Crippen molar-refractivity contribution in [2.24, 2.45) is 11.8 Å². The van der Waals surface area contributed by atoms with Gasteiger partial charge in [0.25, 0.3) is 0 Å². The highest BCUT2D eigenvalue weighted by Gasteiger charge is 2.53. The minimum Gasteiger partial charge on any atom is -0.382 e. The molecule has 2 fully saturated rings. The van der Waals surface area contributed by atoms with Gasteiger partial charge in [-0.1, -0.05) is 6.92 Å². The summed E-state index contributed by atoms with van der Waals surface area (Å²) in [7, 11) is 0. The summed E-state index contributed by atoms with van der Waals surface area (Å²) in [6.45, 7) is 8.94. The molecule has 0 amide bonds. The second-order valence-corrected chi connectivity index (χ2v) is 7.83. The molecule has 142 valence electrons. The molecule has 1 saturated heterocycles. The molecule has 2 aromatic heterocycles. The van der Waals surface area contributed by atoms with Gasteiger partial charge < -0.3 is 25.1 Å². The molecule has 1 aliphatic carbocycles. The smallest absolute Gasteiger partial charge is 0.165 e. The first-order chi connectivity index (χ1) is 12.5. The normalized spacial score (nSPS) is 30.1. The van der Waals surface area contributed by atoms with E-state index in [2.05, 4.69) is 27.2 Å². The second-order valence-electron chi connectivity index (χ2n) is 7.83. The van der Waals surface area contributed by atoms with Gasteiger partial charge in [0.1, 0.15) is 17.9 Å². The zero-order valence-electron chi connectivity index (χ0n) is 15.7. The molecule has 8 nitrogen and oxygen atoms in total. The number of nitrogens with one attached hydrogen (secondary N) is 1. The quantitative estimate of drug-likeness (QED) is 0.723. The van der Waals surface area contributed by atoms with Crippen LogP contribution in [0.15, 0.2) is 12.7 Å². The van der Waals surface area contributed by atoms with Gasteiger partial charge in [-0.2, -0.15) is 0 Å². The molecule has 1 aliphatic heterocycles. The molecular weight excluding hydrogens is 332 g/mol. The van der Waals surface area contributed by atoms with E-state index in [-0.39, 0.29) is 12.2 Å². The Morgan fingerprint density at radius 2 is 2.15 bits per heavy atom. The summed E-state index contributed by atoms with van der Waals surface area (Å²) in [5, 5.41) is 3.52. The van der Waals surface area contributed by atoms with Crippen molar-refractivity contribution in [1.82, 2.24) is 24.8 Å². The predicted molar refractivity (Wildman–Crippen MR) is 98.3 cm³/mol. The van der Waals surface area contributed by atoms with Gasteiger partial charge in [-0.25, -0.2) is 15.0 Å². The number of rotatable bonds is 7. The van der Waals surface area contributed by atoms with Gasteiger partial charge in [0.15, 0.2) is 17.3 Å². The molecule has 0 radical (unpaired) electrons. The topological polar surface area (TPSA) is 100 Å². The number of hydrogen-bond acceptors (Lipinski definition) is 7. The Balaban J connectivity index is 1.48. The van der Waals surface area contributed by atoms with E-state index in [0.29, 0.717) is 29.7 Å². The van der Waals surface area contributed by atoms with Crippen molar-refractivity contribution in [1.29, 1.82) is 0 Å². The van der Waals surface area contributed by atoms with E-state index in [1.165, 1.54) is 12.7 Å². The van der Waals surface area contributed by atoms with E-state index in [4.69, 9.17) is 15.2 Å². The third-order valence-corrected chi connectivity index (χ3v) is 5.26. The molecule has 26 heavy (non-hydrogen) atoms. The molecule has 0 spiro atoms. The third-order valence-electron chi connectivity index (χ3n) is 5.26. The number of fused-ring (bicyclic) bond motifs is 1. The predicted octanol–water partition coefficient (Wildman–Crippen LogP) is 1.56. The number of nitrogens with two attached hydrogens (primary N) is 1. The van der Waals surface area contributed by atoms with Crippen LogP contribution in [0.5, 0.6) is 0 Å². The molecule has 3 N–H and O–H groups in total. The fourth-order valence-electron chi connectivity index (χ4n) is 3.97. The molecular formula is C18H28N6O2. The highest BCUT2D eigenvalue weighted by molar-refractivity contribution is 5.81. The van der Waals surface area contributed by atoms with E-state index in [0.717, 1.165) is 25.2 Å². The van der Waals surface area contributed by atoms with Gasteiger partial charge in [0.2, 0.25) is 0 Å². The van der Waals surface area contributed by atoms with Gasteiger partial charge in [-0.05, 0) is 51.6 Å². The van der Waals surface area contributed by atoms with Crippen LogP contribution in [0.25, 0.3) is 11.2 Å². The minimum atomic E-state index is -0.566. The molecule has 4 unspecified atom stereocenters. The van der Waals surface area contributed by atoms with Gasteiger partial charge in [0, 0.05) is 0 Å². The van der Waals surface area contributed by atoms with Crippen LogP contribution in [0.4, 0.5) is 5.82 Å². The number of imidazole rings is 1. The van der Waals surface area contributed by atoms with Crippen LogP contribution in [0, 0.1) is 11.8 Å². The second kappa shape index (κ2) is 6.75. The lowest BCUT2D eigenvalue weighted by Gasteiger charge is -2.18. The summed E-state index contributed by atoms with van der Waals surface area (Å²) in [6, 6.07) is 0. The molecule has 2 aromatic rings. The lowest BCUT2D eigenvalue weighted by atomic mass is 10.1. The Bertz CT molecular complexity index is 776. The van der Waals surface area contributed by atoms with Crippen LogP contribution in [0.1, 0.15) is 33.6 Å². The molecule has 3 heterocycles. The van der Waals surface area contributed by atoms with E-state index in [9.17, 15) is 0 Å². The molecule has 4 atom stereocenters. The zero-order valence-corrected chi connectivity index (χ0v) is 15.7. The fraction of sp³-hybridized carbons (Fsp3) is 0.722. The average Bonchev–Trinajstić information content (AvgIpc) is 3.13. The maximum absolute atomic E-state index is 6.27. The Hall–Kier alpha value is -1.77. The SMILES string of the molecule is CCCNCC1CC1C1OC(C)(C)OC1Cn1cnc2c(N)ncnc21. The lowest BCUT2D eigenvalue weighted by Crippen LogP contribution is -2.31. The summed E-state index contributed by atoms with van der Waals surface area (Å²) in [4.78, 5) is 12.7. The van der Waals surface area contributed by atoms with Gasteiger partial charge in [-0.3, -0.25) is 0 Å². The molecule has 4 rings (SSSR count). The number of nitrogen functional groups attached to an aromatic ring is 1. The van der Waals surface area contributed by atoms with Crippen molar-refractivity contribution in [3.8, 4) is 0 Å². The van der Waals surface area contributed by atoms with Crippen molar-refractivity contribution >= 4 is 17.0 Å². The van der Waals surface area contributed by atoms with E-state index >= 15 is 0 Å². The summed E-state index contributed by atoms with van der Waals surface area (Å²) in [5.41, 5.74) is 7.26. The van der Waals surface area contributed by atoms with Crippen LogP contribution < -0.4 is 11.1 Å². The first-order valence-corrected chi connectivity index (χ1v) is 9.46. The first kappa shape index (κ1) is 17.6. The lowest BCUT2D eigenvalue weighted by molar-refractivity contribution is -0.148. The minimum absolute atomic E-state index is 0.0280. The summed E-state index contributed by atoms with van der Waals surface area (Å²) in [5.74, 6) is 1.05. The Morgan fingerprint density at radius 3 is 2.96 bits per heavy atom. The third kappa shape index (κ3) is 3.41. The largest absolute Gasteiger partial charge is 0.382 e. The van der Waals surface area contributed by atoms with E-state index in [1.54, 1.807) is 6.33 Å². The highest BCUT2D eigenvalue weighted by atomic mass is 16.8. The maximum Gasteiger partial charge on any atom is 0.165 e. The van der Waals surface area contributed by atoms with Crippen LogP contribution >= 0.6 is 0 Å². The zero-order chi connectivity index (χ0) is 18.3. The van der Waals surface area contributed by atoms with Crippen molar-refractivity contribution in [3.05, 3.63) is 12.7 Å². The monoisotopic (exact) mass is 360 g/mol. The summed E-state index contributed by atoms with van der Waals surface area (Å²) in [6.07, 6.45) is 5.65. The van der Waals surface area contributed by atoms with Gasteiger partial charge >= 0.3 is 0 Å². The molecule has 2 aliphatic rings. The average molecular weight is 360 g/mol. The van der Waals surface area contributed by atoms with Crippen LogP contribution in [-0.2, 0) is 16.0 Å². The van der Waals surface area contributed by atoms with Crippen LogP contribution in [-0.4, -0.2) is 50.6 Å². The molecule has 0 aromatic carbocycles. The van der Waals surface area contributed by atoms with Crippen LogP contribution in [0.3, 0.4) is 0 Å². The Morgan fingerprint density at radius 1 is 1.31 bits per heavy atom. The molecule has 0 bridgehead atoms. The maximum atomic E-state index is 6.27. The standard InChI is InChI=1S/C18H28N6O2/c1-4-5-20-7-11-6-12(11)15-13(25-18(2,3)26-15)8-24-10-23-14-16(19)21-9-22-17(14)24/h9-13,15,20H,4-8H2,1-3H3,(H2,19,21,22). The number of nitrogens with zero attached hydrogens (tertiary/aromatic N) is 4.